The van der Waals surface area contributed by atoms with Gasteiger partial charge in [-0.3, -0.25) is 10.00 Å². The summed E-state index contributed by atoms with van der Waals surface area (Å²) in [5.41, 5.74) is 1.21. The lowest BCUT2D eigenvalue weighted by molar-refractivity contribution is 0.244. The maximum atomic E-state index is 5.50. The second-order valence-corrected chi connectivity index (χ2v) is 6.97. The van der Waals surface area contributed by atoms with Crippen molar-refractivity contribution >= 4 is 23.6 Å². The van der Waals surface area contributed by atoms with Crippen LogP contribution in [0.4, 0.5) is 0 Å². The van der Waals surface area contributed by atoms with Gasteiger partial charge >= 0.3 is 0 Å². The third kappa shape index (κ3) is 4.66. The lowest BCUT2D eigenvalue weighted by atomic mass is 10.2. The molecule has 0 unspecified atom stereocenters. The molecule has 1 N–H and O–H groups in total. The summed E-state index contributed by atoms with van der Waals surface area (Å²) in [5, 5.41) is 5.30. The molecular formula is C18H20N4OS2. The first-order valence-electron chi connectivity index (χ1n) is 7.87. The summed E-state index contributed by atoms with van der Waals surface area (Å²) < 4.78 is 7.94. The Morgan fingerprint density at radius 3 is 2.84 bits per heavy atom. The number of rotatable bonds is 8. The van der Waals surface area contributed by atoms with E-state index in [2.05, 4.69) is 40.7 Å². The van der Waals surface area contributed by atoms with Crippen LogP contribution in [0.5, 0.6) is 5.75 Å². The van der Waals surface area contributed by atoms with Gasteiger partial charge < -0.3 is 4.74 Å². The van der Waals surface area contributed by atoms with Gasteiger partial charge in [0.2, 0.25) is 4.77 Å². The Kier molecular flexibility index (Phi) is 5.80. The van der Waals surface area contributed by atoms with Gasteiger partial charge in [0.25, 0.3) is 0 Å². The van der Waals surface area contributed by atoms with Crippen LogP contribution in [0.25, 0.3) is 10.7 Å². The largest absolute Gasteiger partial charge is 0.490 e. The molecule has 1 aromatic carbocycles. The lowest BCUT2D eigenvalue weighted by Gasteiger charge is -2.17. The van der Waals surface area contributed by atoms with Gasteiger partial charge in [-0.2, -0.15) is 4.98 Å². The summed E-state index contributed by atoms with van der Waals surface area (Å²) in [6, 6.07) is 12.1. The first kappa shape index (κ1) is 17.6. The zero-order valence-corrected chi connectivity index (χ0v) is 15.6. The van der Waals surface area contributed by atoms with Crippen molar-refractivity contribution in [1.29, 1.82) is 0 Å². The number of ether oxygens (including phenoxy) is 1. The summed E-state index contributed by atoms with van der Waals surface area (Å²) >= 11 is 7.00. The van der Waals surface area contributed by atoms with Crippen molar-refractivity contribution in [3.8, 4) is 16.5 Å². The summed E-state index contributed by atoms with van der Waals surface area (Å²) in [6.45, 7) is 5.61. The van der Waals surface area contributed by atoms with Crippen molar-refractivity contribution in [3.63, 3.8) is 0 Å². The molecule has 0 amide bonds. The minimum Gasteiger partial charge on any atom is -0.490 e. The lowest BCUT2D eigenvalue weighted by Crippen LogP contribution is -2.22. The molecule has 0 bridgehead atoms. The minimum atomic E-state index is 0.518. The fourth-order valence-corrected chi connectivity index (χ4v) is 3.28. The molecule has 2 heterocycles. The van der Waals surface area contributed by atoms with E-state index in [0.717, 1.165) is 23.0 Å². The first-order valence-corrected chi connectivity index (χ1v) is 9.16. The summed E-state index contributed by atoms with van der Waals surface area (Å²) in [6.07, 6.45) is 1.74. The molecule has 130 valence electrons. The predicted octanol–water partition coefficient (Wildman–Crippen LogP) is 4.32. The number of hydrogen-bond acceptors (Lipinski definition) is 5. The van der Waals surface area contributed by atoms with Gasteiger partial charge in [0, 0.05) is 6.54 Å². The van der Waals surface area contributed by atoms with Crippen molar-refractivity contribution in [2.24, 2.45) is 0 Å². The predicted molar refractivity (Wildman–Crippen MR) is 104 cm³/mol. The van der Waals surface area contributed by atoms with E-state index in [4.69, 9.17) is 17.0 Å². The van der Waals surface area contributed by atoms with E-state index in [1.165, 1.54) is 5.56 Å². The second-order valence-electron chi connectivity index (χ2n) is 5.66. The van der Waals surface area contributed by atoms with E-state index in [1.54, 1.807) is 17.4 Å². The number of nitrogens with one attached hydrogen (secondary N) is 1. The maximum Gasteiger partial charge on any atom is 0.217 e. The van der Waals surface area contributed by atoms with Crippen LogP contribution < -0.4 is 4.74 Å². The molecular weight excluding hydrogens is 352 g/mol. The molecule has 0 aliphatic rings. The highest BCUT2D eigenvalue weighted by Gasteiger charge is 2.08. The first-order chi connectivity index (χ1) is 12.2. The molecule has 0 saturated carbocycles. The maximum absolute atomic E-state index is 5.50. The Bertz CT molecular complexity index is 865. The van der Waals surface area contributed by atoms with E-state index in [-0.39, 0.29) is 0 Å². The summed E-state index contributed by atoms with van der Waals surface area (Å²) in [4.78, 5) is 7.69. The third-order valence-electron chi connectivity index (χ3n) is 3.56. The van der Waals surface area contributed by atoms with Crippen molar-refractivity contribution in [3.05, 3.63) is 64.8 Å². The van der Waals surface area contributed by atoms with Crippen LogP contribution in [0.1, 0.15) is 5.56 Å². The van der Waals surface area contributed by atoms with E-state index < -0.39 is 0 Å². The van der Waals surface area contributed by atoms with Crippen molar-refractivity contribution in [1.82, 2.24) is 19.7 Å². The molecule has 5 nitrogen and oxygen atoms in total. The number of nitrogens with zero attached hydrogens (tertiary/aromatic N) is 3. The monoisotopic (exact) mass is 372 g/mol. The zero-order valence-electron chi connectivity index (χ0n) is 14.0. The highest BCUT2D eigenvalue weighted by Crippen LogP contribution is 2.20. The van der Waals surface area contributed by atoms with E-state index >= 15 is 0 Å². The van der Waals surface area contributed by atoms with Crippen LogP contribution >= 0.6 is 23.6 Å². The van der Waals surface area contributed by atoms with E-state index in [1.807, 2.05) is 34.3 Å². The van der Waals surface area contributed by atoms with Crippen LogP contribution in [0.3, 0.4) is 0 Å². The summed E-state index contributed by atoms with van der Waals surface area (Å²) in [7, 11) is 2.05. The van der Waals surface area contributed by atoms with E-state index in [9.17, 15) is 0 Å². The van der Waals surface area contributed by atoms with Crippen molar-refractivity contribution in [2.45, 2.75) is 13.2 Å². The normalized spacial score (nSPS) is 11.0. The number of aromatic amines is 1. The fraction of sp³-hybridized carbons (Fsp3) is 0.222. The van der Waals surface area contributed by atoms with Gasteiger partial charge in [-0.1, -0.05) is 30.9 Å². The van der Waals surface area contributed by atoms with Crippen LogP contribution in [0, 0.1) is 4.77 Å². The van der Waals surface area contributed by atoms with Crippen molar-refractivity contribution < 1.29 is 4.74 Å². The van der Waals surface area contributed by atoms with Crippen LogP contribution in [-0.4, -0.2) is 33.3 Å². The Labute approximate surface area is 156 Å². The topological polar surface area (TPSA) is 46.1 Å². The molecule has 2 aromatic heterocycles. The van der Waals surface area contributed by atoms with Gasteiger partial charge in [0.1, 0.15) is 12.4 Å². The Morgan fingerprint density at radius 2 is 2.16 bits per heavy atom. The summed E-state index contributed by atoms with van der Waals surface area (Å²) in [5.74, 6) is 1.67. The molecule has 0 aliphatic carbocycles. The highest BCUT2D eigenvalue weighted by atomic mass is 32.1. The van der Waals surface area contributed by atoms with Crippen LogP contribution in [0.15, 0.2) is 54.4 Å². The molecule has 0 saturated heterocycles. The molecule has 0 atom stereocenters. The number of thiophene rings is 1. The molecule has 7 heteroatoms. The molecule has 3 rings (SSSR count). The van der Waals surface area contributed by atoms with Gasteiger partial charge in [0.15, 0.2) is 5.82 Å². The van der Waals surface area contributed by atoms with Gasteiger partial charge in [-0.05, 0) is 48.4 Å². The van der Waals surface area contributed by atoms with Crippen LogP contribution in [0.2, 0.25) is 0 Å². The average molecular weight is 373 g/mol. The smallest absolute Gasteiger partial charge is 0.217 e. The molecule has 0 aliphatic heterocycles. The highest BCUT2D eigenvalue weighted by molar-refractivity contribution is 7.71. The SMILES string of the molecule is C=CCOc1ccc(CN(C)Cn2[nH]c(-c3cccs3)nc2=S)cc1. The molecule has 0 spiro atoms. The van der Waals surface area contributed by atoms with Crippen LogP contribution in [-0.2, 0) is 13.2 Å². The zero-order chi connectivity index (χ0) is 17.6. The Balaban J connectivity index is 1.62. The van der Waals surface area contributed by atoms with E-state index in [0.29, 0.717) is 18.0 Å². The molecule has 3 aromatic rings. The Hall–Kier alpha value is -2.22. The average Bonchev–Trinajstić information content (AvgIpc) is 3.25. The Morgan fingerprint density at radius 1 is 1.36 bits per heavy atom. The van der Waals surface area contributed by atoms with Crippen molar-refractivity contribution in [2.75, 3.05) is 13.7 Å². The third-order valence-corrected chi connectivity index (χ3v) is 4.75. The molecule has 0 radical (unpaired) electrons. The number of hydrogen-bond donors (Lipinski definition) is 1. The quantitative estimate of drug-likeness (QED) is 0.472. The van der Waals surface area contributed by atoms with Gasteiger partial charge in [-0.15, -0.1) is 11.3 Å². The second kappa shape index (κ2) is 8.24. The number of benzene rings is 1. The standard InChI is InChI=1S/C18H20N4OS2/c1-3-10-23-15-8-6-14(7-9-15)12-21(2)13-22-18(24)19-17(20-22)16-5-4-11-25-16/h3-9,11H,1,10,12-13H2,2H3,(H,19,20,24). The number of aromatic nitrogens is 3. The molecule has 25 heavy (non-hydrogen) atoms. The molecule has 0 fully saturated rings. The minimum absolute atomic E-state index is 0.518. The van der Waals surface area contributed by atoms with Gasteiger partial charge in [0.05, 0.1) is 11.5 Å². The number of H-pyrrole nitrogens is 1. The fourth-order valence-electron chi connectivity index (χ4n) is 2.43. The van der Waals surface area contributed by atoms with Gasteiger partial charge in [-0.25, -0.2) is 4.68 Å².